The summed E-state index contributed by atoms with van der Waals surface area (Å²) >= 11 is 6.81. The molecule has 26 heavy (non-hydrogen) atoms. The van der Waals surface area contributed by atoms with Gasteiger partial charge < -0.3 is 14.5 Å². The van der Waals surface area contributed by atoms with E-state index in [4.69, 9.17) is 16.3 Å². The summed E-state index contributed by atoms with van der Waals surface area (Å²) in [4.78, 5) is 16.9. The number of morpholine rings is 1. The number of hydrogen-bond acceptors (Lipinski definition) is 9. The van der Waals surface area contributed by atoms with Gasteiger partial charge in [0.05, 0.1) is 24.1 Å². The van der Waals surface area contributed by atoms with Crippen LogP contribution in [0, 0.1) is 0 Å². The van der Waals surface area contributed by atoms with Gasteiger partial charge in [0.1, 0.15) is 4.21 Å². The van der Waals surface area contributed by atoms with Crippen LogP contribution in [0.5, 0.6) is 0 Å². The molecule has 1 N–H and O–H groups in total. The van der Waals surface area contributed by atoms with Crippen molar-refractivity contribution in [3.63, 3.8) is 0 Å². The summed E-state index contributed by atoms with van der Waals surface area (Å²) in [6.45, 7) is 2.51. The van der Waals surface area contributed by atoms with Gasteiger partial charge in [-0.2, -0.15) is 15.0 Å². The standard InChI is InChI=1S/C14H19ClN6O3S2/c1-20(2)13-17-11(18-14(19-13)21-5-7-24-8-6-21)9-16-26(22,23)12-4-3-10(15)25-12/h3-4,16H,5-9H2,1-2H3. The molecule has 1 aliphatic heterocycles. The third kappa shape index (κ3) is 4.60. The first-order valence-electron chi connectivity index (χ1n) is 7.85. The lowest BCUT2D eigenvalue weighted by Crippen LogP contribution is -2.38. The van der Waals surface area contributed by atoms with E-state index in [1.54, 1.807) is 11.0 Å². The Kier molecular flexibility index (Phi) is 5.92. The molecular formula is C14H19ClN6O3S2. The second-order valence-electron chi connectivity index (χ2n) is 5.73. The summed E-state index contributed by atoms with van der Waals surface area (Å²) in [7, 11) is -0.0331. The van der Waals surface area contributed by atoms with E-state index in [-0.39, 0.29) is 10.8 Å². The van der Waals surface area contributed by atoms with Crippen molar-refractivity contribution in [2.75, 3.05) is 50.2 Å². The summed E-state index contributed by atoms with van der Waals surface area (Å²) in [6, 6.07) is 3.01. The smallest absolute Gasteiger partial charge is 0.250 e. The number of aromatic nitrogens is 3. The number of ether oxygens (including phenoxy) is 1. The van der Waals surface area contributed by atoms with E-state index < -0.39 is 10.0 Å². The molecule has 0 unspecified atom stereocenters. The molecule has 12 heteroatoms. The van der Waals surface area contributed by atoms with E-state index in [1.165, 1.54) is 6.07 Å². The molecule has 0 spiro atoms. The van der Waals surface area contributed by atoms with Gasteiger partial charge in [-0.25, -0.2) is 13.1 Å². The van der Waals surface area contributed by atoms with Crippen LogP contribution >= 0.6 is 22.9 Å². The van der Waals surface area contributed by atoms with Crippen molar-refractivity contribution >= 4 is 44.9 Å². The van der Waals surface area contributed by atoms with Crippen molar-refractivity contribution in [2.45, 2.75) is 10.8 Å². The molecule has 2 aromatic rings. The maximum Gasteiger partial charge on any atom is 0.250 e. The van der Waals surface area contributed by atoms with Crippen LogP contribution in [-0.2, 0) is 21.3 Å². The largest absolute Gasteiger partial charge is 0.378 e. The third-order valence-corrected chi connectivity index (χ3v) is 6.71. The highest BCUT2D eigenvalue weighted by atomic mass is 35.5. The molecule has 0 bridgehead atoms. The number of anilines is 2. The molecule has 0 atom stereocenters. The van der Waals surface area contributed by atoms with Crippen molar-refractivity contribution in [2.24, 2.45) is 0 Å². The number of thiophene rings is 1. The monoisotopic (exact) mass is 418 g/mol. The minimum Gasteiger partial charge on any atom is -0.378 e. The molecule has 0 amide bonds. The Balaban J connectivity index is 1.81. The molecule has 0 saturated carbocycles. The second-order valence-corrected chi connectivity index (χ2v) is 9.44. The van der Waals surface area contributed by atoms with E-state index in [0.29, 0.717) is 48.4 Å². The molecule has 1 fully saturated rings. The molecule has 0 radical (unpaired) electrons. The Hall–Kier alpha value is -1.53. The van der Waals surface area contributed by atoms with Crippen LogP contribution < -0.4 is 14.5 Å². The average molecular weight is 419 g/mol. The van der Waals surface area contributed by atoms with Crippen molar-refractivity contribution < 1.29 is 13.2 Å². The molecule has 3 heterocycles. The predicted octanol–water partition coefficient (Wildman–Crippen LogP) is 0.968. The molecule has 9 nitrogen and oxygen atoms in total. The van der Waals surface area contributed by atoms with Gasteiger partial charge in [0.2, 0.25) is 11.9 Å². The Morgan fingerprint density at radius 2 is 2.00 bits per heavy atom. The zero-order valence-corrected chi connectivity index (χ0v) is 16.7. The van der Waals surface area contributed by atoms with Gasteiger partial charge in [-0.3, -0.25) is 0 Å². The Morgan fingerprint density at radius 3 is 2.62 bits per heavy atom. The molecule has 3 rings (SSSR count). The average Bonchev–Trinajstić information content (AvgIpc) is 3.08. The molecule has 0 aliphatic carbocycles. The lowest BCUT2D eigenvalue weighted by Gasteiger charge is -2.27. The minimum atomic E-state index is -3.67. The number of rotatable bonds is 6. The molecule has 2 aromatic heterocycles. The van der Waals surface area contributed by atoms with Crippen LogP contribution in [0.3, 0.4) is 0 Å². The van der Waals surface area contributed by atoms with Crippen LogP contribution in [0.15, 0.2) is 16.3 Å². The normalized spacial score (nSPS) is 15.3. The number of hydrogen-bond donors (Lipinski definition) is 1. The zero-order valence-electron chi connectivity index (χ0n) is 14.3. The van der Waals surface area contributed by atoms with Crippen molar-refractivity contribution in [3.05, 3.63) is 22.3 Å². The highest BCUT2D eigenvalue weighted by Crippen LogP contribution is 2.25. The second kappa shape index (κ2) is 8.01. The predicted molar refractivity (Wildman–Crippen MR) is 101 cm³/mol. The molecule has 1 aliphatic rings. The Morgan fingerprint density at radius 1 is 1.27 bits per heavy atom. The van der Waals surface area contributed by atoms with Gasteiger partial charge in [0.15, 0.2) is 5.82 Å². The topological polar surface area (TPSA) is 101 Å². The lowest BCUT2D eigenvalue weighted by atomic mass is 10.4. The van der Waals surface area contributed by atoms with Gasteiger partial charge in [0, 0.05) is 27.2 Å². The van der Waals surface area contributed by atoms with Gasteiger partial charge in [-0.15, -0.1) is 11.3 Å². The highest BCUT2D eigenvalue weighted by molar-refractivity contribution is 7.91. The third-order valence-electron chi connectivity index (χ3n) is 3.59. The van der Waals surface area contributed by atoms with E-state index in [0.717, 1.165) is 11.3 Å². The Bertz CT molecular complexity index is 867. The number of nitrogens with zero attached hydrogens (tertiary/aromatic N) is 5. The highest BCUT2D eigenvalue weighted by Gasteiger charge is 2.20. The van der Waals surface area contributed by atoms with Crippen molar-refractivity contribution in [3.8, 4) is 0 Å². The van der Waals surface area contributed by atoms with E-state index >= 15 is 0 Å². The van der Waals surface area contributed by atoms with E-state index in [1.807, 2.05) is 19.0 Å². The lowest BCUT2D eigenvalue weighted by molar-refractivity contribution is 0.122. The summed E-state index contributed by atoms with van der Waals surface area (Å²) < 4.78 is 33.1. The summed E-state index contributed by atoms with van der Waals surface area (Å²) in [5.41, 5.74) is 0. The first-order chi connectivity index (χ1) is 12.3. The minimum absolute atomic E-state index is 0.0431. The first-order valence-corrected chi connectivity index (χ1v) is 10.5. The SMILES string of the molecule is CN(C)c1nc(CNS(=O)(=O)c2ccc(Cl)s2)nc(N2CCOCC2)n1. The number of nitrogens with one attached hydrogen (secondary N) is 1. The number of sulfonamides is 1. The van der Waals surface area contributed by atoms with Crippen LogP contribution in [0.1, 0.15) is 5.82 Å². The van der Waals surface area contributed by atoms with Crippen LogP contribution in [0.25, 0.3) is 0 Å². The first kappa shape index (κ1) is 19.2. The van der Waals surface area contributed by atoms with Gasteiger partial charge in [-0.05, 0) is 12.1 Å². The van der Waals surface area contributed by atoms with Crippen LogP contribution in [-0.4, -0.2) is 63.8 Å². The molecule has 0 aromatic carbocycles. The summed E-state index contributed by atoms with van der Waals surface area (Å²) in [5.74, 6) is 1.33. The molecular weight excluding hydrogens is 400 g/mol. The van der Waals surface area contributed by atoms with E-state index in [2.05, 4.69) is 19.7 Å². The summed E-state index contributed by atoms with van der Waals surface area (Å²) in [5, 5.41) is 0. The fraction of sp³-hybridized carbons (Fsp3) is 0.500. The van der Waals surface area contributed by atoms with Crippen LogP contribution in [0.4, 0.5) is 11.9 Å². The Labute approximate surface area is 161 Å². The van der Waals surface area contributed by atoms with Gasteiger partial charge in [0.25, 0.3) is 10.0 Å². The van der Waals surface area contributed by atoms with Crippen molar-refractivity contribution in [1.82, 2.24) is 19.7 Å². The van der Waals surface area contributed by atoms with Gasteiger partial charge in [-0.1, -0.05) is 11.6 Å². The maximum absolute atomic E-state index is 12.4. The van der Waals surface area contributed by atoms with Gasteiger partial charge >= 0.3 is 0 Å². The van der Waals surface area contributed by atoms with E-state index in [9.17, 15) is 8.42 Å². The zero-order chi connectivity index (χ0) is 18.7. The van der Waals surface area contributed by atoms with Crippen molar-refractivity contribution in [1.29, 1.82) is 0 Å². The molecule has 142 valence electrons. The molecule has 1 saturated heterocycles. The maximum atomic E-state index is 12.4. The quantitative estimate of drug-likeness (QED) is 0.740. The fourth-order valence-electron chi connectivity index (χ4n) is 2.25. The summed E-state index contributed by atoms with van der Waals surface area (Å²) in [6.07, 6.45) is 0. The number of halogens is 1. The fourth-order valence-corrected chi connectivity index (χ4v) is 4.76. The van der Waals surface area contributed by atoms with Crippen LogP contribution in [0.2, 0.25) is 4.34 Å².